The molecule has 7 heteroatoms. The highest BCUT2D eigenvalue weighted by Gasteiger charge is 2.31. The molecule has 0 saturated carbocycles. The molecule has 0 aliphatic carbocycles. The molecule has 33 heavy (non-hydrogen) atoms. The van der Waals surface area contributed by atoms with E-state index < -0.39 is 0 Å². The minimum absolute atomic E-state index is 0.0661. The average Bonchev–Trinajstić information content (AvgIpc) is 3.53. The summed E-state index contributed by atoms with van der Waals surface area (Å²) in [6.45, 7) is 1.67. The maximum absolute atomic E-state index is 6.17. The third-order valence-corrected chi connectivity index (χ3v) is 6.29. The summed E-state index contributed by atoms with van der Waals surface area (Å²) in [6, 6.07) is 20.3. The van der Waals surface area contributed by atoms with E-state index in [2.05, 4.69) is 44.3 Å². The van der Waals surface area contributed by atoms with Crippen LogP contribution in [0.15, 0.2) is 71.3 Å². The molecule has 1 atom stereocenters. The molecule has 3 aromatic heterocycles. The minimum Gasteiger partial charge on any atom is -0.494 e. The Kier molecular flexibility index (Phi) is 4.96. The van der Waals surface area contributed by atoms with E-state index in [1.54, 1.807) is 13.3 Å². The van der Waals surface area contributed by atoms with Crippen molar-refractivity contribution in [2.45, 2.75) is 25.4 Å². The van der Waals surface area contributed by atoms with Crippen molar-refractivity contribution in [3.05, 3.63) is 78.4 Å². The van der Waals surface area contributed by atoms with Crippen LogP contribution in [0, 0.1) is 0 Å². The summed E-state index contributed by atoms with van der Waals surface area (Å²) in [4.78, 5) is 11.8. The highest BCUT2D eigenvalue weighted by Crippen LogP contribution is 2.35. The number of ether oxygens (including phenoxy) is 1. The molecule has 0 bridgehead atoms. The Morgan fingerprint density at radius 2 is 1.91 bits per heavy atom. The van der Waals surface area contributed by atoms with Crippen LogP contribution in [0.5, 0.6) is 5.75 Å². The van der Waals surface area contributed by atoms with Crippen molar-refractivity contribution in [3.63, 3.8) is 0 Å². The number of nitrogens with zero attached hydrogens (tertiary/aromatic N) is 5. The van der Waals surface area contributed by atoms with Crippen LogP contribution in [-0.2, 0) is 6.54 Å². The number of hydrogen-bond donors (Lipinski definition) is 0. The van der Waals surface area contributed by atoms with Crippen molar-refractivity contribution >= 4 is 21.7 Å². The van der Waals surface area contributed by atoms with E-state index >= 15 is 0 Å². The largest absolute Gasteiger partial charge is 0.494 e. The first-order valence-electron chi connectivity index (χ1n) is 11.1. The van der Waals surface area contributed by atoms with Crippen LogP contribution in [0.4, 0.5) is 0 Å². The molecule has 0 N–H and O–H groups in total. The highest BCUT2D eigenvalue weighted by molar-refractivity contribution is 5.92. The van der Waals surface area contributed by atoms with Crippen molar-refractivity contribution < 1.29 is 9.15 Å². The van der Waals surface area contributed by atoms with Gasteiger partial charge in [0.25, 0.3) is 5.89 Å². The lowest BCUT2D eigenvalue weighted by Crippen LogP contribution is -2.23. The molecular formula is C26H23N5O2. The number of likely N-dealkylation sites (tertiary alicyclic amines) is 1. The van der Waals surface area contributed by atoms with Crippen LogP contribution in [0.25, 0.3) is 33.3 Å². The Hall–Kier alpha value is -3.84. The van der Waals surface area contributed by atoms with Crippen molar-refractivity contribution in [3.8, 4) is 17.3 Å². The summed E-state index contributed by atoms with van der Waals surface area (Å²) in [6.07, 6.45) is 3.83. The molecule has 6 rings (SSSR count). The fourth-order valence-electron chi connectivity index (χ4n) is 4.67. The van der Waals surface area contributed by atoms with Gasteiger partial charge in [-0.3, -0.25) is 9.88 Å². The molecule has 1 fully saturated rings. The minimum atomic E-state index is 0.0661. The fourth-order valence-corrected chi connectivity index (χ4v) is 4.67. The van der Waals surface area contributed by atoms with Gasteiger partial charge in [0.15, 0.2) is 0 Å². The van der Waals surface area contributed by atoms with Crippen molar-refractivity contribution in [1.29, 1.82) is 0 Å². The van der Waals surface area contributed by atoms with E-state index in [4.69, 9.17) is 14.1 Å². The molecule has 1 unspecified atom stereocenters. The molecule has 1 aliphatic rings. The Morgan fingerprint density at radius 1 is 1.00 bits per heavy atom. The van der Waals surface area contributed by atoms with E-state index in [-0.39, 0.29) is 6.04 Å². The maximum atomic E-state index is 6.17. The van der Waals surface area contributed by atoms with Crippen molar-refractivity contribution in [2.24, 2.45) is 0 Å². The Morgan fingerprint density at radius 3 is 2.85 bits per heavy atom. The Bertz CT molecular complexity index is 1440. The summed E-state index contributed by atoms with van der Waals surface area (Å²) in [5, 5.41) is 11.9. The summed E-state index contributed by atoms with van der Waals surface area (Å²) < 4.78 is 11.7. The number of methoxy groups -OCH3 is 1. The van der Waals surface area contributed by atoms with Crippen LogP contribution < -0.4 is 4.74 Å². The number of hydrogen-bond acceptors (Lipinski definition) is 7. The summed E-state index contributed by atoms with van der Waals surface area (Å²) in [5.41, 5.74) is 2.60. The SMILES string of the molecule is COc1cccc2ccc(CN3CCCC3c3nnc(-c4nccc5ccccc45)o3)nc12. The Labute approximate surface area is 191 Å². The number of rotatable bonds is 5. The smallest absolute Gasteiger partial charge is 0.266 e. The highest BCUT2D eigenvalue weighted by atomic mass is 16.5. The van der Waals surface area contributed by atoms with Gasteiger partial charge in [-0.2, -0.15) is 0 Å². The van der Waals surface area contributed by atoms with Gasteiger partial charge in [-0.05, 0) is 43.0 Å². The topological polar surface area (TPSA) is 77.2 Å². The summed E-state index contributed by atoms with van der Waals surface area (Å²) in [7, 11) is 1.68. The van der Waals surface area contributed by atoms with E-state index in [1.165, 1.54) is 0 Å². The zero-order valence-electron chi connectivity index (χ0n) is 18.3. The van der Waals surface area contributed by atoms with Gasteiger partial charge in [0.05, 0.1) is 18.8 Å². The molecule has 7 nitrogen and oxygen atoms in total. The molecule has 4 heterocycles. The van der Waals surface area contributed by atoms with Gasteiger partial charge in [-0.25, -0.2) is 4.98 Å². The van der Waals surface area contributed by atoms with Crippen LogP contribution in [0.1, 0.15) is 30.5 Å². The zero-order valence-corrected chi connectivity index (χ0v) is 18.3. The van der Waals surface area contributed by atoms with E-state index in [0.29, 0.717) is 18.3 Å². The van der Waals surface area contributed by atoms with Crippen LogP contribution in [0.3, 0.4) is 0 Å². The molecule has 1 aliphatic heterocycles. The third kappa shape index (κ3) is 3.60. The lowest BCUT2D eigenvalue weighted by atomic mass is 10.1. The summed E-state index contributed by atoms with van der Waals surface area (Å²) in [5.74, 6) is 1.88. The van der Waals surface area contributed by atoms with Gasteiger partial charge < -0.3 is 9.15 Å². The van der Waals surface area contributed by atoms with Gasteiger partial charge in [0.2, 0.25) is 5.89 Å². The van der Waals surface area contributed by atoms with E-state index in [0.717, 1.165) is 58.2 Å². The molecule has 1 saturated heterocycles. The molecule has 2 aromatic carbocycles. The molecule has 0 radical (unpaired) electrons. The van der Waals surface area contributed by atoms with Gasteiger partial charge in [0.1, 0.15) is 17.0 Å². The molecule has 164 valence electrons. The molecule has 0 spiro atoms. The second-order valence-electron chi connectivity index (χ2n) is 8.29. The number of aromatic nitrogens is 4. The van der Waals surface area contributed by atoms with Crippen LogP contribution in [0.2, 0.25) is 0 Å². The fraction of sp³-hybridized carbons (Fsp3) is 0.231. The normalized spacial score (nSPS) is 16.6. The first-order valence-corrected chi connectivity index (χ1v) is 11.1. The first kappa shape index (κ1) is 19.8. The lowest BCUT2D eigenvalue weighted by Gasteiger charge is -2.21. The van der Waals surface area contributed by atoms with E-state index in [1.807, 2.05) is 36.4 Å². The predicted octanol–water partition coefficient (Wildman–Crippen LogP) is 5.18. The van der Waals surface area contributed by atoms with Gasteiger partial charge in [0, 0.05) is 23.5 Å². The quantitative estimate of drug-likeness (QED) is 0.375. The van der Waals surface area contributed by atoms with Gasteiger partial charge in [-0.1, -0.05) is 42.5 Å². The van der Waals surface area contributed by atoms with Crippen molar-refractivity contribution in [2.75, 3.05) is 13.7 Å². The lowest BCUT2D eigenvalue weighted by molar-refractivity contribution is 0.213. The number of benzene rings is 2. The standard InChI is InChI=1S/C26H23N5O2/c1-32-22-10-4-7-18-11-12-19(28-23(18)22)16-31-15-5-9-21(31)25-29-30-26(33-25)24-20-8-3-2-6-17(20)13-14-27-24/h2-4,6-8,10-14,21H,5,9,15-16H2,1H3. The van der Waals surface area contributed by atoms with Gasteiger partial charge >= 0.3 is 0 Å². The number of fused-ring (bicyclic) bond motifs is 2. The summed E-state index contributed by atoms with van der Waals surface area (Å²) >= 11 is 0. The van der Waals surface area contributed by atoms with Crippen molar-refractivity contribution in [1.82, 2.24) is 25.1 Å². The molecular weight excluding hydrogens is 414 g/mol. The molecule has 0 amide bonds. The first-order chi connectivity index (χ1) is 16.3. The Balaban J connectivity index is 1.28. The predicted molar refractivity (Wildman–Crippen MR) is 126 cm³/mol. The van der Waals surface area contributed by atoms with Gasteiger partial charge in [-0.15, -0.1) is 10.2 Å². The maximum Gasteiger partial charge on any atom is 0.266 e. The number of pyridine rings is 2. The monoisotopic (exact) mass is 437 g/mol. The number of para-hydroxylation sites is 1. The van der Waals surface area contributed by atoms with E-state index in [9.17, 15) is 0 Å². The third-order valence-electron chi connectivity index (χ3n) is 6.29. The second kappa shape index (κ2) is 8.26. The second-order valence-corrected chi connectivity index (χ2v) is 8.29. The zero-order chi connectivity index (χ0) is 22.2. The van der Waals surface area contributed by atoms with Crippen LogP contribution >= 0.6 is 0 Å². The van der Waals surface area contributed by atoms with Crippen LogP contribution in [-0.4, -0.2) is 38.7 Å². The average molecular weight is 438 g/mol. The molecule has 5 aromatic rings.